The third kappa shape index (κ3) is 3.87. The molecular formula is C29H18ClFN4O. The second-order valence-electron chi connectivity index (χ2n) is 8.32. The molecule has 0 aliphatic rings. The molecule has 0 bridgehead atoms. The van der Waals surface area contributed by atoms with E-state index < -0.39 is 0 Å². The molecule has 0 radical (unpaired) electrons. The summed E-state index contributed by atoms with van der Waals surface area (Å²) in [6.45, 7) is 0. The van der Waals surface area contributed by atoms with Crippen molar-refractivity contribution in [2.75, 3.05) is 0 Å². The Bertz CT molecular complexity index is 1770. The van der Waals surface area contributed by atoms with E-state index in [-0.39, 0.29) is 11.4 Å². The summed E-state index contributed by atoms with van der Waals surface area (Å²) in [4.78, 5) is 19.3. The van der Waals surface area contributed by atoms with E-state index in [1.807, 2.05) is 72.8 Å². The minimum absolute atomic E-state index is 0.249. The van der Waals surface area contributed by atoms with Crippen molar-refractivity contribution in [3.63, 3.8) is 0 Å². The highest BCUT2D eigenvalue weighted by Crippen LogP contribution is 2.38. The highest BCUT2D eigenvalue weighted by molar-refractivity contribution is 6.30. The summed E-state index contributed by atoms with van der Waals surface area (Å²) in [6.07, 6.45) is 2.90. The van der Waals surface area contributed by atoms with Crippen molar-refractivity contribution >= 4 is 22.6 Å². The molecule has 0 unspecified atom stereocenters. The first kappa shape index (κ1) is 21.9. The second-order valence-corrected chi connectivity index (χ2v) is 8.76. The molecule has 0 spiro atoms. The Kier molecular flexibility index (Phi) is 5.43. The molecule has 0 amide bonds. The van der Waals surface area contributed by atoms with Crippen LogP contribution in [0.25, 0.3) is 50.1 Å². The topological polar surface area (TPSA) is 63.6 Å². The minimum atomic E-state index is -0.278. The van der Waals surface area contributed by atoms with Gasteiger partial charge in [-0.2, -0.15) is 5.10 Å². The summed E-state index contributed by atoms with van der Waals surface area (Å²) in [5.74, 6) is -0.278. The normalized spacial score (nSPS) is 11.2. The Balaban J connectivity index is 1.58. The van der Waals surface area contributed by atoms with Crippen molar-refractivity contribution in [3.8, 4) is 39.1 Å². The number of hydrogen-bond acceptors (Lipinski definition) is 3. The Morgan fingerprint density at radius 3 is 2.31 bits per heavy atom. The van der Waals surface area contributed by atoms with E-state index in [2.05, 4.69) is 15.1 Å². The van der Waals surface area contributed by atoms with Gasteiger partial charge in [-0.05, 0) is 58.1 Å². The van der Waals surface area contributed by atoms with E-state index in [9.17, 15) is 9.18 Å². The number of benzene rings is 4. The fraction of sp³-hybridized carbons (Fsp3) is 0. The van der Waals surface area contributed by atoms with E-state index in [1.165, 1.54) is 24.7 Å². The summed E-state index contributed by atoms with van der Waals surface area (Å²) in [7, 11) is 0. The van der Waals surface area contributed by atoms with Crippen LogP contribution in [0.15, 0.2) is 108 Å². The van der Waals surface area contributed by atoms with Gasteiger partial charge in [0.15, 0.2) is 5.65 Å². The highest BCUT2D eigenvalue weighted by atomic mass is 35.5. The predicted molar refractivity (Wildman–Crippen MR) is 141 cm³/mol. The minimum Gasteiger partial charge on any atom is -0.312 e. The molecule has 174 valence electrons. The van der Waals surface area contributed by atoms with Crippen LogP contribution in [-0.4, -0.2) is 19.7 Å². The summed E-state index contributed by atoms with van der Waals surface area (Å²) in [6, 6.07) is 28.0. The van der Waals surface area contributed by atoms with Gasteiger partial charge in [0.25, 0.3) is 5.56 Å². The van der Waals surface area contributed by atoms with Crippen LogP contribution in [0, 0.1) is 5.82 Å². The molecule has 6 rings (SSSR count). The fourth-order valence-electron chi connectivity index (χ4n) is 4.42. The van der Waals surface area contributed by atoms with Crippen LogP contribution in [0.4, 0.5) is 4.39 Å². The van der Waals surface area contributed by atoms with Crippen LogP contribution < -0.4 is 5.56 Å². The molecule has 0 aliphatic heterocycles. The summed E-state index contributed by atoms with van der Waals surface area (Å²) in [5, 5.41) is 5.56. The number of aromatic amines is 1. The zero-order valence-corrected chi connectivity index (χ0v) is 19.6. The number of nitrogens with one attached hydrogen (secondary N) is 1. The molecule has 0 atom stereocenters. The maximum Gasteiger partial charge on any atom is 0.261 e. The van der Waals surface area contributed by atoms with E-state index in [0.29, 0.717) is 16.1 Å². The smallest absolute Gasteiger partial charge is 0.261 e. The van der Waals surface area contributed by atoms with Crippen molar-refractivity contribution < 1.29 is 4.39 Å². The molecule has 0 saturated carbocycles. The molecule has 2 aromatic heterocycles. The Morgan fingerprint density at radius 2 is 1.53 bits per heavy atom. The van der Waals surface area contributed by atoms with Crippen LogP contribution in [0.2, 0.25) is 5.02 Å². The Hall–Kier alpha value is -4.55. The lowest BCUT2D eigenvalue weighted by atomic mass is 9.92. The molecule has 1 N–H and O–H groups in total. The van der Waals surface area contributed by atoms with Crippen LogP contribution in [-0.2, 0) is 0 Å². The molecule has 7 heteroatoms. The quantitative estimate of drug-likeness (QED) is 0.291. The van der Waals surface area contributed by atoms with Crippen LogP contribution in [0.1, 0.15) is 0 Å². The first-order chi connectivity index (χ1) is 17.6. The molecule has 0 saturated heterocycles. The summed E-state index contributed by atoms with van der Waals surface area (Å²) >= 11 is 6.15. The number of hydrogen-bond donors (Lipinski definition) is 1. The molecule has 2 heterocycles. The third-order valence-corrected chi connectivity index (χ3v) is 6.38. The number of rotatable bonds is 4. The van der Waals surface area contributed by atoms with E-state index in [1.54, 1.807) is 10.7 Å². The first-order valence-corrected chi connectivity index (χ1v) is 11.6. The standard InChI is InChI=1S/C29H18ClFN4O/c30-22-13-11-19(12-14-22)24-5-2-6-26(35-28-25(16-34-35)29(36)33-17-32-28)27(24)20-9-7-18(8-10-20)21-3-1-4-23(31)15-21/h1-17H,(H,32,33,36). The number of nitrogens with zero attached hydrogens (tertiary/aromatic N) is 3. The van der Waals surface area contributed by atoms with Gasteiger partial charge >= 0.3 is 0 Å². The van der Waals surface area contributed by atoms with Gasteiger partial charge in [-0.1, -0.05) is 72.3 Å². The average Bonchev–Trinajstić information content (AvgIpc) is 3.34. The maximum atomic E-state index is 13.8. The fourth-order valence-corrected chi connectivity index (χ4v) is 4.55. The predicted octanol–water partition coefficient (Wildman–Crippen LogP) is 6.90. The first-order valence-electron chi connectivity index (χ1n) is 11.3. The van der Waals surface area contributed by atoms with E-state index in [4.69, 9.17) is 11.6 Å². The van der Waals surface area contributed by atoms with Gasteiger partial charge < -0.3 is 4.98 Å². The van der Waals surface area contributed by atoms with Crippen molar-refractivity contribution in [2.24, 2.45) is 0 Å². The summed E-state index contributed by atoms with van der Waals surface area (Å²) in [5.41, 5.74) is 6.49. The maximum absolute atomic E-state index is 13.8. The van der Waals surface area contributed by atoms with E-state index in [0.717, 1.165) is 39.1 Å². The lowest BCUT2D eigenvalue weighted by Gasteiger charge is -2.17. The van der Waals surface area contributed by atoms with Gasteiger partial charge in [0, 0.05) is 10.6 Å². The highest BCUT2D eigenvalue weighted by Gasteiger charge is 2.18. The number of halogens is 2. The molecule has 0 aliphatic carbocycles. The molecule has 36 heavy (non-hydrogen) atoms. The van der Waals surface area contributed by atoms with E-state index >= 15 is 0 Å². The Labute approximate surface area is 210 Å². The zero-order chi connectivity index (χ0) is 24.6. The van der Waals surface area contributed by atoms with Gasteiger partial charge in [0.1, 0.15) is 11.2 Å². The van der Waals surface area contributed by atoms with Crippen molar-refractivity contribution in [2.45, 2.75) is 0 Å². The van der Waals surface area contributed by atoms with Gasteiger partial charge in [-0.3, -0.25) is 4.79 Å². The lowest BCUT2D eigenvalue weighted by Crippen LogP contribution is -2.07. The van der Waals surface area contributed by atoms with Crippen molar-refractivity contribution in [3.05, 3.63) is 125 Å². The number of aromatic nitrogens is 4. The second kappa shape index (κ2) is 8.91. The number of fused-ring (bicyclic) bond motifs is 1. The van der Waals surface area contributed by atoms with Crippen molar-refractivity contribution in [1.29, 1.82) is 0 Å². The van der Waals surface area contributed by atoms with Gasteiger partial charge in [-0.15, -0.1) is 0 Å². The zero-order valence-electron chi connectivity index (χ0n) is 18.8. The molecule has 5 nitrogen and oxygen atoms in total. The van der Waals surface area contributed by atoms with Crippen LogP contribution in [0.3, 0.4) is 0 Å². The molecular weight excluding hydrogens is 475 g/mol. The van der Waals surface area contributed by atoms with Crippen LogP contribution in [0.5, 0.6) is 0 Å². The number of H-pyrrole nitrogens is 1. The molecule has 4 aromatic carbocycles. The largest absolute Gasteiger partial charge is 0.312 e. The van der Waals surface area contributed by atoms with Crippen LogP contribution >= 0.6 is 11.6 Å². The third-order valence-electron chi connectivity index (χ3n) is 6.13. The monoisotopic (exact) mass is 492 g/mol. The molecule has 0 fully saturated rings. The van der Waals surface area contributed by atoms with Gasteiger partial charge in [-0.25, -0.2) is 14.1 Å². The lowest BCUT2D eigenvalue weighted by molar-refractivity contribution is 0.628. The Morgan fingerprint density at radius 1 is 0.806 bits per heavy atom. The SMILES string of the molecule is O=c1[nH]cnc2c1cnn2-c1cccc(-c2ccc(Cl)cc2)c1-c1ccc(-c2cccc(F)c2)cc1. The average molecular weight is 493 g/mol. The molecule has 6 aromatic rings. The van der Waals surface area contributed by atoms with Gasteiger partial charge in [0.05, 0.1) is 18.2 Å². The summed E-state index contributed by atoms with van der Waals surface area (Å²) < 4.78 is 15.5. The van der Waals surface area contributed by atoms with Gasteiger partial charge in [0.2, 0.25) is 0 Å². The van der Waals surface area contributed by atoms with Crippen molar-refractivity contribution in [1.82, 2.24) is 19.7 Å².